The monoisotopic (exact) mass is 314 g/mol. The van der Waals surface area contributed by atoms with Crippen molar-refractivity contribution in [1.82, 2.24) is 0 Å². The number of aliphatic hydroxyl groups excluding tert-OH is 1. The molecule has 2 nitrogen and oxygen atoms in total. The van der Waals surface area contributed by atoms with Crippen molar-refractivity contribution in [1.29, 1.82) is 0 Å². The van der Waals surface area contributed by atoms with Gasteiger partial charge in [0.1, 0.15) is 0 Å². The smallest absolute Gasteiger partial charge is 0.165 e. The van der Waals surface area contributed by atoms with Gasteiger partial charge in [-0.25, -0.2) is 4.39 Å². The van der Waals surface area contributed by atoms with Gasteiger partial charge in [-0.2, -0.15) is 0 Å². The molecule has 0 aromatic heterocycles. The molecular formula is C20H23FO2. The third-order valence-corrected chi connectivity index (χ3v) is 4.39. The van der Waals surface area contributed by atoms with E-state index in [1.807, 2.05) is 13.0 Å². The molecule has 0 saturated heterocycles. The summed E-state index contributed by atoms with van der Waals surface area (Å²) in [6.07, 6.45) is 8.78. The summed E-state index contributed by atoms with van der Waals surface area (Å²) < 4.78 is 13.7. The lowest BCUT2D eigenvalue weighted by atomic mass is 9.68. The first-order chi connectivity index (χ1) is 11.0. The number of aliphatic hydroxyl groups is 1. The fraction of sp³-hybridized carbons (Fsp3) is 0.300. The van der Waals surface area contributed by atoms with Gasteiger partial charge in [-0.05, 0) is 42.5 Å². The summed E-state index contributed by atoms with van der Waals surface area (Å²) in [5, 5.41) is 20.4. The van der Waals surface area contributed by atoms with E-state index in [0.29, 0.717) is 24.0 Å². The maximum absolute atomic E-state index is 13.7. The number of hydrogen-bond acceptors (Lipinski definition) is 2. The Hall–Kier alpha value is -2.13. The van der Waals surface area contributed by atoms with Crippen LogP contribution >= 0.6 is 0 Å². The second kappa shape index (κ2) is 6.97. The summed E-state index contributed by atoms with van der Waals surface area (Å²) in [7, 11) is 0. The van der Waals surface area contributed by atoms with Crippen molar-refractivity contribution >= 4 is 5.57 Å². The molecule has 2 rings (SSSR count). The molecule has 1 atom stereocenters. The molecule has 0 amide bonds. The molecule has 122 valence electrons. The Labute approximate surface area is 137 Å². The number of hydrogen-bond donors (Lipinski definition) is 2. The van der Waals surface area contributed by atoms with Crippen LogP contribution in [0.25, 0.3) is 5.57 Å². The van der Waals surface area contributed by atoms with E-state index in [-0.39, 0.29) is 0 Å². The first kappa shape index (κ1) is 17.2. The lowest BCUT2D eigenvalue weighted by molar-refractivity contribution is 0.109. The number of allylic oxidation sites excluding steroid dienone is 4. The fourth-order valence-corrected chi connectivity index (χ4v) is 3.17. The summed E-state index contributed by atoms with van der Waals surface area (Å²) in [4.78, 5) is 0. The van der Waals surface area contributed by atoms with Crippen molar-refractivity contribution in [3.05, 3.63) is 72.6 Å². The largest absolute Gasteiger partial charge is 0.505 e. The van der Waals surface area contributed by atoms with Crippen LogP contribution in [0.3, 0.4) is 0 Å². The van der Waals surface area contributed by atoms with Crippen molar-refractivity contribution in [3.8, 4) is 5.75 Å². The lowest BCUT2D eigenvalue weighted by Crippen LogP contribution is -2.36. The molecule has 0 fully saturated rings. The Morgan fingerprint density at radius 3 is 2.43 bits per heavy atom. The third kappa shape index (κ3) is 3.30. The van der Waals surface area contributed by atoms with Crippen LogP contribution in [0.5, 0.6) is 5.75 Å². The Morgan fingerprint density at radius 2 is 1.91 bits per heavy atom. The van der Waals surface area contributed by atoms with Crippen LogP contribution in [-0.4, -0.2) is 16.3 Å². The molecule has 23 heavy (non-hydrogen) atoms. The number of phenolic OH excluding ortho intramolecular Hbond substituents is 1. The highest BCUT2D eigenvalue weighted by Crippen LogP contribution is 2.45. The second-order valence-electron chi connectivity index (χ2n) is 5.96. The summed E-state index contributed by atoms with van der Waals surface area (Å²) in [5.41, 5.74) is 1.80. The molecule has 0 spiro atoms. The molecule has 0 saturated carbocycles. The zero-order valence-electron chi connectivity index (χ0n) is 13.4. The van der Waals surface area contributed by atoms with Crippen LogP contribution in [0.4, 0.5) is 4.39 Å². The summed E-state index contributed by atoms with van der Waals surface area (Å²) in [6, 6.07) is 4.19. The van der Waals surface area contributed by atoms with Crippen LogP contribution in [0.1, 0.15) is 31.7 Å². The normalized spacial score (nSPS) is 19.7. The maximum atomic E-state index is 13.7. The van der Waals surface area contributed by atoms with Crippen molar-refractivity contribution < 1.29 is 14.6 Å². The first-order valence-corrected chi connectivity index (χ1v) is 7.79. The molecule has 1 aromatic rings. The summed E-state index contributed by atoms with van der Waals surface area (Å²) in [6.45, 7) is 9.65. The van der Waals surface area contributed by atoms with E-state index in [1.165, 1.54) is 12.1 Å². The summed E-state index contributed by atoms with van der Waals surface area (Å²) >= 11 is 0. The standard InChI is InChI=1S/C20H23FO2/c1-4-9-20(10-5-2)13-14(6-3)11-16(19(20)23)15-7-8-18(22)17(21)12-15/h4-5,7-8,11-13,19,22-23H,1-2,6,9-10H2,3H3. The van der Waals surface area contributed by atoms with E-state index in [9.17, 15) is 14.6 Å². The molecule has 1 unspecified atom stereocenters. The molecular weight excluding hydrogens is 291 g/mol. The van der Waals surface area contributed by atoms with Gasteiger partial charge in [0.25, 0.3) is 0 Å². The van der Waals surface area contributed by atoms with E-state index in [4.69, 9.17) is 0 Å². The lowest BCUT2D eigenvalue weighted by Gasteiger charge is -2.39. The van der Waals surface area contributed by atoms with Gasteiger partial charge in [-0.15, -0.1) is 13.2 Å². The van der Waals surface area contributed by atoms with Gasteiger partial charge < -0.3 is 10.2 Å². The van der Waals surface area contributed by atoms with Crippen molar-refractivity contribution in [2.45, 2.75) is 32.3 Å². The third-order valence-electron chi connectivity index (χ3n) is 4.39. The molecule has 0 aliphatic heterocycles. The second-order valence-corrected chi connectivity index (χ2v) is 5.96. The number of rotatable bonds is 6. The minimum Gasteiger partial charge on any atom is -0.505 e. The number of phenols is 1. The van der Waals surface area contributed by atoms with Gasteiger partial charge in [-0.3, -0.25) is 0 Å². The molecule has 3 heteroatoms. The first-order valence-electron chi connectivity index (χ1n) is 7.79. The van der Waals surface area contributed by atoms with Gasteiger partial charge in [0.05, 0.1) is 6.10 Å². The van der Waals surface area contributed by atoms with Gasteiger partial charge in [0, 0.05) is 5.41 Å². The molecule has 0 heterocycles. The minimum absolute atomic E-state index is 0.394. The Balaban J connectivity index is 2.56. The molecule has 1 aliphatic carbocycles. The minimum atomic E-state index is -0.794. The van der Waals surface area contributed by atoms with Crippen LogP contribution in [-0.2, 0) is 0 Å². The number of benzene rings is 1. The highest BCUT2D eigenvalue weighted by Gasteiger charge is 2.39. The molecule has 0 bridgehead atoms. The van der Waals surface area contributed by atoms with E-state index in [0.717, 1.165) is 12.0 Å². The van der Waals surface area contributed by atoms with Crippen LogP contribution in [0, 0.1) is 11.2 Å². The number of aromatic hydroxyl groups is 1. The van der Waals surface area contributed by atoms with E-state index < -0.39 is 23.1 Å². The highest BCUT2D eigenvalue weighted by atomic mass is 19.1. The fourth-order valence-electron chi connectivity index (χ4n) is 3.17. The van der Waals surface area contributed by atoms with Crippen LogP contribution in [0.15, 0.2) is 61.2 Å². The predicted octanol–water partition coefficient (Wildman–Crippen LogP) is 4.76. The Kier molecular flexibility index (Phi) is 5.22. The molecule has 2 N–H and O–H groups in total. The molecule has 1 aromatic carbocycles. The molecule has 0 radical (unpaired) electrons. The van der Waals surface area contributed by atoms with Gasteiger partial charge in [0.15, 0.2) is 11.6 Å². The van der Waals surface area contributed by atoms with Crippen molar-refractivity contribution in [3.63, 3.8) is 0 Å². The zero-order valence-corrected chi connectivity index (χ0v) is 13.4. The van der Waals surface area contributed by atoms with E-state index in [2.05, 4.69) is 19.2 Å². The quantitative estimate of drug-likeness (QED) is 0.743. The van der Waals surface area contributed by atoms with Crippen molar-refractivity contribution in [2.24, 2.45) is 5.41 Å². The van der Waals surface area contributed by atoms with Crippen molar-refractivity contribution in [2.75, 3.05) is 0 Å². The zero-order chi connectivity index (χ0) is 17.0. The Morgan fingerprint density at radius 1 is 1.26 bits per heavy atom. The van der Waals surface area contributed by atoms with Gasteiger partial charge in [-0.1, -0.05) is 42.9 Å². The van der Waals surface area contributed by atoms with Crippen LogP contribution < -0.4 is 0 Å². The average molecular weight is 314 g/mol. The summed E-state index contributed by atoms with van der Waals surface area (Å²) in [5.74, 6) is -1.09. The predicted molar refractivity (Wildman–Crippen MR) is 92.5 cm³/mol. The SMILES string of the molecule is C=CCC1(CC=C)C=C(CC)C=C(c2ccc(O)c(F)c2)C1O. The molecule has 1 aliphatic rings. The average Bonchev–Trinajstić information content (AvgIpc) is 2.53. The van der Waals surface area contributed by atoms with Gasteiger partial charge >= 0.3 is 0 Å². The van der Waals surface area contributed by atoms with E-state index >= 15 is 0 Å². The van der Waals surface area contributed by atoms with Gasteiger partial charge in [0.2, 0.25) is 0 Å². The van der Waals surface area contributed by atoms with Crippen LogP contribution in [0.2, 0.25) is 0 Å². The highest BCUT2D eigenvalue weighted by molar-refractivity contribution is 5.74. The maximum Gasteiger partial charge on any atom is 0.165 e. The topological polar surface area (TPSA) is 40.5 Å². The van der Waals surface area contributed by atoms with E-state index in [1.54, 1.807) is 18.2 Å². The number of halogens is 1. The Bertz CT molecular complexity index is 660.